The van der Waals surface area contributed by atoms with Crippen molar-refractivity contribution < 1.29 is 0 Å². The van der Waals surface area contributed by atoms with Gasteiger partial charge >= 0.3 is 0 Å². The van der Waals surface area contributed by atoms with Crippen molar-refractivity contribution in [2.24, 2.45) is 11.3 Å². The quantitative estimate of drug-likeness (QED) is 0.549. The Labute approximate surface area is 84.0 Å². The van der Waals surface area contributed by atoms with Gasteiger partial charge in [0.05, 0.1) is 0 Å². The van der Waals surface area contributed by atoms with Crippen LogP contribution < -0.4 is 0 Å². The van der Waals surface area contributed by atoms with E-state index >= 15 is 0 Å². The molecule has 2 unspecified atom stereocenters. The zero-order valence-corrected chi connectivity index (χ0v) is 9.89. The minimum absolute atomic E-state index is 0.607. The highest BCUT2D eigenvalue weighted by Gasteiger charge is 2.33. The predicted octanol–water partition coefficient (Wildman–Crippen LogP) is 3.09. The normalized spacial score (nSPS) is 38.5. The van der Waals surface area contributed by atoms with Crippen molar-refractivity contribution in [1.82, 2.24) is 3.11 Å². The Kier molecular flexibility index (Phi) is 3.20. The molecular weight excluding hydrogens is 249 g/mol. The van der Waals surface area contributed by atoms with Crippen LogP contribution in [0.2, 0.25) is 0 Å². The third-order valence-corrected chi connectivity index (χ3v) is 3.02. The van der Waals surface area contributed by atoms with E-state index in [4.69, 9.17) is 0 Å². The molecular formula is C9H18IN. The highest BCUT2D eigenvalue weighted by molar-refractivity contribution is 14.1. The molecule has 0 spiro atoms. The molecule has 1 fully saturated rings. The van der Waals surface area contributed by atoms with Gasteiger partial charge in [0.15, 0.2) is 0 Å². The van der Waals surface area contributed by atoms with E-state index < -0.39 is 0 Å². The second-order valence-electron chi connectivity index (χ2n) is 4.42. The van der Waals surface area contributed by atoms with Crippen LogP contribution in [0.3, 0.4) is 0 Å². The Morgan fingerprint density at radius 1 is 1.64 bits per heavy atom. The van der Waals surface area contributed by atoms with Crippen molar-refractivity contribution in [3.63, 3.8) is 0 Å². The highest BCUT2D eigenvalue weighted by Crippen LogP contribution is 2.41. The summed E-state index contributed by atoms with van der Waals surface area (Å²) in [4.78, 5) is 0. The van der Waals surface area contributed by atoms with Crippen LogP contribution in [0.1, 0.15) is 33.1 Å². The molecule has 2 atom stereocenters. The summed E-state index contributed by atoms with van der Waals surface area (Å²) < 4.78 is 2.29. The van der Waals surface area contributed by atoms with E-state index in [0.717, 1.165) is 5.92 Å². The lowest BCUT2D eigenvalue weighted by Gasteiger charge is -2.26. The summed E-state index contributed by atoms with van der Waals surface area (Å²) in [5.41, 5.74) is 0.607. The molecule has 0 radical (unpaired) electrons. The number of halogens is 1. The maximum Gasteiger partial charge on any atom is 0.0198 e. The number of nitrogens with zero attached hydrogens (tertiary/aromatic N) is 1. The molecule has 1 aliphatic rings. The number of rotatable bonds is 2. The highest BCUT2D eigenvalue weighted by atomic mass is 127. The van der Waals surface area contributed by atoms with Crippen LogP contribution in [0, 0.1) is 11.3 Å². The van der Waals surface area contributed by atoms with Crippen molar-refractivity contribution in [2.75, 3.05) is 13.6 Å². The van der Waals surface area contributed by atoms with Crippen LogP contribution in [0.5, 0.6) is 0 Å². The third kappa shape index (κ3) is 2.90. The Bertz CT molecular complexity index is 136. The fourth-order valence-electron chi connectivity index (χ4n) is 2.31. The summed E-state index contributed by atoms with van der Waals surface area (Å²) in [7, 11) is 2.16. The van der Waals surface area contributed by atoms with Gasteiger partial charge in [-0.2, -0.15) is 0 Å². The van der Waals surface area contributed by atoms with Gasteiger partial charge in [-0.15, -0.1) is 0 Å². The molecule has 1 rings (SSSR count). The summed E-state index contributed by atoms with van der Waals surface area (Å²) >= 11 is 2.38. The molecule has 1 nitrogen and oxygen atoms in total. The van der Waals surface area contributed by atoms with Crippen LogP contribution in [0.15, 0.2) is 0 Å². The first-order valence-electron chi connectivity index (χ1n) is 4.39. The van der Waals surface area contributed by atoms with E-state index in [1.165, 1.54) is 25.8 Å². The molecule has 2 heteroatoms. The predicted molar refractivity (Wildman–Crippen MR) is 57.8 cm³/mol. The molecule has 66 valence electrons. The van der Waals surface area contributed by atoms with E-state index in [1.807, 2.05) is 0 Å². The lowest BCUT2D eigenvalue weighted by atomic mass is 9.88. The smallest absolute Gasteiger partial charge is 0.0198 e. The van der Waals surface area contributed by atoms with Crippen molar-refractivity contribution in [1.29, 1.82) is 0 Å². The van der Waals surface area contributed by atoms with Gasteiger partial charge in [-0.1, -0.05) is 20.3 Å². The maximum atomic E-state index is 2.42. The van der Waals surface area contributed by atoms with Gasteiger partial charge < -0.3 is 0 Å². The van der Waals surface area contributed by atoms with E-state index in [9.17, 15) is 0 Å². The van der Waals surface area contributed by atoms with Gasteiger partial charge in [-0.05, 0) is 31.2 Å². The van der Waals surface area contributed by atoms with Crippen molar-refractivity contribution >= 4 is 22.9 Å². The van der Waals surface area contributed by atoms with Crippen molar-refractivity contribution in [3.05, 3.63) is 0 Å². The van der Waals surface area contributed by atoms with E-state index in [2.05, 4.69) is 46.9 Å². The lowest BCUT2D eigenvalue weighted by Crippen LogP contribution is -2.25. The second-order valence-corrected chi connectivity index (χ2v) is 6.07. The summed E-state index contributed by atoms with van der Waals surface area (Å²) in [6, 6.07) is 0. The molecule has 11 heavy (non-hydrogen) atoms. The molecule has 0 aliphatic heterocycles. The molecule has 0 N–H and O–H groups in total. The fourth-order valence-corrected chi connectivity index (χ4v) is 3.13. The van der Waals surface area contributed by atoms with Gasteiger partial charge in [-0.25, -0.2) is 0 Å². The standard InChI is InChI=1S/C9H18IN/c1-8-4-5-9(2,6-8)7-11(3)10/h8H,4-7H2,1-3H3. The van der Waals surface area contributed by atoms with Crippen LogP contribution >= 0.6 is 22.9 Å². The van der Waals surface area contributed by atoms with Crippen LogP contribution in [-0.4, -0.2) is 16.7 Å². The molecule has 0 heterocycles. The average molecular weight is 267 g/mol. The van der Waals surface area contributed by atoms with E-state index in [1.54, 1.807) is 0 Å². The third-order valence-electron chi connectivity index (χ3n) is 2.68. The van der Waals surface area contributed by atoms with Crippen molar-refractivity contribution in [2.45, 2.75) is 33.1 Å². The van der Waals surface area contributed by atoms with Crippen LogP contribution in [0.4, 0.5) is 0 Å². The minimum Gasteiger partial charge on any atom is -0.250 e. The second kappa shape index (κ2) is 3.60. The number of hydrogen-bond acceptors (Lipinski definition) is 1. The summed E-state index contributed by atoms with van der Waals surface area (Å²) in [6.07, 6.45) is 4.27. The Morgan fingerprint density at radius 3 is 2.64 bits per heavy atom. The minimum atomic E-state index is 0.607. The van der Waals surface area contributed by atoms with Crippen LogP contribution in [-0.2, 0) is 0 Å². The molecule has 0 saturated heterocycles. The first kappa shape index (κ1) is 9.78. The van der Waals surface area contributed by atoms with E-state index in [0.29, 0.717) is 5.41 Å². The monoisotopic (exact) mass is 267 g/mol. The van der Waals surface area contributed by atoms with Gasteiger partial charge in [-0.3, -0.25) is 3.11 Å². The van der Waals surface area contributed by atoms with Crippen LogP contribution in [0.25, 0.3) is 0 Å². The molecule has 1 aliphatic carbocycles. The van der Waals surface area contributed by atoms with Gasteiger partial charge in [0.2, 0.25) is 0 Å². The van der Waals surface area contributed by atoms with Gasteiger partial charge in [0, 0.05) is 29.4 Å². The van der Waals surface area contributed by atoms with Crippen molar-refractivity contribution in [3.8, 4) is 0 Å². The summed E-state index contributed by atoms with van der Waals surface area (Å²) in [5.74, 6) is 0.955. The molecule has 0 bridgehead atoms. The summed E-state index contributed by atoms with van der Waals surface area (Å²) in [5, 5.41) is 0. The van der Waals surface area contributed by atoms with E-state index in [-0.39, 0.29) is 0 Å². The molecule has 0 aromatic rings. The van der Waals surface area contributed by atoms with Gasteiger partial charge in [0.25, 0.3) is 0 Å². The van der Waals surface area contributed by atoms with Gasteiger partial charge in [0.1, 0.15) is 0 Å². The first-order chi connectivity index (χ1) is 5.02. The topological polar surface area (TPSA) is 3.24 Å². The Hall–Kier alpha value is 0.690. The first-order valence-corrected chi connectivity index (χ1v) is 5.35. The molecule has 0 aromatic heterocycles. The molecule has 1 saturated carbocycles. The zero-order chi connectivity index (χ0) is 8.48. The molecule has 0 aromatic carbocycles. The molecule has 0 amide bonds. The Balaban J connectivity index is 2.42. The summed E-state index contributed by atoms with van der Waals surface area (Å²) in [6.45, 7) is 6.04. The largest absolute Gasteiger partial charge is 0.250 e. The lowest BCUT2D eigenvalue weighted by molar-refractivity contribution is 0.277. The zero-order valence-electron chi connectivity index (χ0n) is 7.73. The SMILES string of the molecule is CC1CCC(C)(CN(C)I)C1. The average Bonchev–Trinajstić information content (AvgIpc) is 2.08. The Morgan fingerprint density at radius 2 is 2.27 bits per heavy atom. The number of hydrogen-bond donors (Lipinski definition) is 0. The maximum absolute atomic E-state index is 2.42. The fraction of sp³-hybridized carbons (Fsp3) is 1.00.